The molecule has 4 aromatic carbocycles. The maximum atomic E-state index is 13.7. The first-order chi connectivity index (χ1) is 24.1. The van der Waals surface area contributed by atoms with Crippen molar-refractivity contribution in [3.05, 3.63) is 107 Å². The molecular weight excluding hydrogens is 630 g/mol. The number of piperidine rings is 2. The van der Waals surface area contributed by atoms with E-state index in [2.05, 4.69) is 10.6 Å². The number of halogens is 2. The standard InChI is InChI=1S/C39H40F2N2O6/c40-30-5-1-24(2-6-30)32-9-11-42-18-28(32)20-44-34-16-38-36(46-22-48-38)14-26(34)13-27-15-37-39(49-23-47-37)17-35(27)45-21-29-19-43-12-10-33(29)25-3-7-31(41)8-4-25/h1-8,14-17,28-29,32-33,42-43H,9-13,18-23H2/t28-,29?,32+,33-/m0/s1. The summed E-state index contributed by atoms with van der Waals surface area (Å²) in [5.41, 5.74) is 4.11. The molecule has 2 N–H and O–H groups in total. The molecule has 0 aliphatic carbocycles. The van der Waals surface area contributed by atoms with Gasteiger partial charge in [-0.25, -0.2) is 8.78 Å². The highest BCUT2D eigenvalue weighted by Gasteiger charge is 2.30. The molecule has 0 saturated carbocycles. The van der Waals surface area contributed by atoms with Crippen LogP contribution in [0.4, 0.5) is 8.78 Å². The van der Waals surface area contributed by atoms with Crippen molar-refractivity contribution in [3.63, 3.8) is 0 Å². The first-order valence-electron chi connectivity index (χ1n) is 17.1. The SMILES string of the molecule is Fc1ccc([C@H]2CCNC[C@H]2COc2cc3c(cc2Cc2cc4c(cc2OCC2CNCC[C@H]2c2ccc(F)cc2)OCO4)OCO3)cc1. The predicted molar refractivity (Wildman–Crippen MR) is 179 cm³/mol. The van der Waals surface area contributed by atoms with Crippen molar-refractivity contribution in [3.8, 4) is 34.5 Å². The van der Waals surface area contributed by atoms with Crippen LogP contribution in [0.25, 0.3) is 0 Å². The van der Waals surface area contributed by atoms with Crippen LogP contribution in [-0.2, 0) is 6.42 Å². The second-order valence-electron chi connectivity index (χ2n) is 13.2. The zero-order valence-electron chi connectivity index (χ0n) is 27.2. The van der Waals surface area contributed by atoms with Crippen molar-refractivity contribution in [1.29, 1.82) is 0 Å². The van der Waals surface area contributed by atoms with Gasteiger partial charge < -0.3 is 39.1 Å². The van der Waals surface area contributed by atoms with Crippen LogP contribution in [-0.4, -0.2) is 53.0 Å². The molecule has 0 bridgehead atoms. The van der Waals surface area contributed by atoms with E-state index in [0.29, 0.717) is 54.1 Å². The fraction of sp³-hybridized carbons (Fsp3) is 0.385. The van der Waals surface area contributed by atoms with E-state index in [-0.39, 0.29) is 48.9 Å². The number of hydrogen-bond acceptors (Lipinski definition) is 8. The van der Waals surface area contributed by atoms with Gasteiger partial charge in [0.05, 0.1) is 13.2 Å². The summed E-state index contributed by atoms with van der Waals surface area (Å²) in [4.78, 5) is 0. The van der Waals surface area contributed by atoms with E-state index in [9.17, 15) is 8.78 Å². The summed E-state index contributed by atoms with van der Waals surface area (Å²) < 4.78 is 63.7. The van der Waals surface area contributed by atoms with E-state index in [4.69, 9.17) is 28.4 Å². The van der Waals surface area contributed by atoms with Gasteiger partial charge in [-0.1, -0.05) is 24.3 Å². The highest BCUT2D eigenvalue weighted by atomic mass is 19.1. The molecule has 4 aromatic rings. The Balaban J connectivity index is 1.04. The Bertz CT molecular complexity index is 1640. The van der Waals surface area contributed by atoms with Gasteiger partial charge >= 0.3 is 0 Å². The zero-order valence-corrected chi connectivity index (χ0v) is 27.2. The highest BCUT2D eigenvalue weighted by Crippen LogP contribution is 2.44. The molecule has 49 heavy (non-hydrogen) atoms. The molecule has 2 fully saturated rings. The first-order valence-corrected chi connectivity index (χ1v) is 17.1. The Labute approximate surface area is 284 Å². The fourth-order valence-electron chi connectivity index (χ4n) is 7.57. The van der Waals surface area contributed by atoms with Crippen LogP contribution in [0.2, 0.25) is 0 Å². The van der Waals surface area contributed by atoms with Crippen molar-refractivity contribution >= 4 is 0 Å². The van der Waals surface area contributed by atoms with Gasteiger partial charge in [-0.05, 0) is 85.3 Å². The van der Waals surface area contributed by atoms with E-state index in [1.165, 1.54) is 24.3 Å². The van der Waals surface area contributed by atoms with Gasteiger partial charge in [-0.3, -0.25) is 0 Å². The number of hydrogen-bond donors (Lipinski definition) is 2. The van der Waals surface area contributed by atoms with E-state index in [1.54, 1.807) is 0 Å². The summed E-state index contributed by atoms with van der Waals surface area (Å²) in [5, 5.41) is 7.01. The average Bonchev–Trinajstić information content (AvgIpc) is 3.79. The van der Waals surface area contributed by atoms with E-state index >= 15 is 0 Å². The summed E-state index contributed by atoms with van der Waals surface area (Å²) in [6.45, 7) is 4.68. The molecule has 0 aromatic heterocycles. The van der Waals surface area contributed by atoms with Crippen LogP contribution < -0.4 is 39.1 Å². The third-order valence-corrected chi connectivity index (χ3v) is 10.2. The number of nitrogens with one attached hydrogen (secondary N) is 2. The zero-order chi connectivity index (χ0) is 33.2. The van der Waals surface area contributed by atoms with E-state index in [1.807, 2.05) is 48.5 Å². The molecule has 8 nitrogen and oxygen atoms in total. The van der Waals surface area contributed by atoms with Crippen molar-refractivity contribution in [2.24, 2.45) is 11.8 Å². The van der Waals surface area contributed by atoms with Crippen LogP contribution in [0.15, 0.2) is 72.8 Å². The fourth-order valence-corrected chi connectivity index (χ4v) is 7.57. The van der Waals surface area contributed by atoms with E-state index in [0.717, 1.165) is 61.3 Å². The van der Waals surface area contributed by atoms with E-state index < -0.39 is 0 Å². The Kier molecular flexibility index (Phi) is 9.15. The van der Waals surface area contributed by atoms with Gasteiger partial charge in [0.2, 0.25) is 13.6 Å². The lowest BCUT2D eigenvalue weighted by Crippen LogP contribution is -2.38. The normalized spacial score (nSPS) is 22.6. The summed E-state index contributed by atoms with van der Waals surface area (Å²) in [7, 11) is 0. The van der Waals surface area contributed by atoms with Crippen molar-refractivity contribution in [1.82, 2.24) is 10.6 Å². The molecule has 0 spiro atoms. The Morgan fingerprint density at radius 2 is 0.980 bits per heavy atom. The number of ether oxygens (including phenoxy) is 6. The van der Waals surface area contributed by atoms with Crippen molar-refractivity contribution in [2.45, 2.75) is 31.1 Å². The number of fused-ring (bicyclic) bond motifs is 2. The lowest BCUT2D eigenvalue weighted by Gasteiger charge is -2.33. The van der Waals surface area contributed by atoms with Crippen LogP contribution in [0.1, 0.15) is 46.9 Å². The molecule has 10 heteroatoms. The monoisotopic (exact) mass is 670 g/mol. The molecule has 4 aliphatic rings. The van der Waals surface area contributed by atoms with Crippen LogP contribution >= 0.6 is 0 Å². The second-order valence-corrected chi connectivity index (χ2v) is 13.2. The van der Waals surface area contributed by atoms with Crippen LogP contribution in [0, 0.1) is 23.5 Å². The number of rotatable bonds is 10. The first kappa shape index (κ1) is 31.7. The third-order valence-electron chi connectivity index (χ3n) is 10.2. The van der Waals surface area contributed by atoms with Gasteiger partial charge in [0, 0.05) is 54.6 Å². The van der Waals surface area contributed by atoms with Crippen molar-refractivity contribution < 1.29 is 37.2 Å². The molecular formula is C39H40F2N2O6. The van der Waals surface area contributed by atoms with Gasteiger partial charge in [0.25, 0.3) is 0 Å². The lowest BCUT2D eigenvalue weighted by atomic mass is 9.81. The minimum Gasteiger partial charge on any atom is -0.493 e. The van der Waals surface area contributed by atoms with Gasteiger partial charge in [-0.2, -0.15) is 0 Å². The largest absolute Gasteiger partial charge is 0.493 e. The minimum atomic E-state index is -0.231. The maximum Gasteiger partial charge on any atom is 0.231 e. The quantitative estimate of drug-likeness (QED) is 0.197. The predicted octanol–water partition coefficient (Wildman–Crippen LogP) is 6.56. The van der Waals surface area contributed by atoms with Gasteiger partial charge in [0.15, 0.2) is 23.0 Å². The summed E-state index contributed by atoms with van der Waals surface area (Å²) in [6, 6.07) is 21.5. The smallest absolute Gasteiger partial charge is 0.231 e. The molecule has 4 aliphatic heterocycles. The Morgan fingerprint density at radius 1 is 0.571 bits per heavy atom. The maximum absolute atomic E-state index is 13.7. The van der Waals surface area contributed by atoms with Crippen LogP contribution in [0.3, 0.4) is 0 Å². The molecule has 4 atom stereocenters. The molecule has 256 valence electrons. The average molecular weight is 671 g/mol. The molecule has 8 rings (SSSR count). The summed E-state index contributed by atoms with van der Waals surface area (Å²) in [5.74, 6) is 4.49. The topological polar surface area (TPSA) is 79.4 Å². The summed E-state index contributed by atoms with van der Waals surface area (Å²) >= 11 is 0. The molecule has 2 saturated heterocycles. The Morgan fingerprint density at radius 3 is 1.41 bits per heavy atom. The molecule has 0 radical (unpaired) electrons. The van der Waals surface area contributed by atoms with Crippen molar-refractivity contribution in [2.75, 3.05) is 53.0 Å². The molecule has 1 unspecified atom stereocenters. The number of benzene rings is 4. The Hall–Kier alpha value is -4.54. The summed E-state index contributed by atoms with van der Waals surface area (Å²) in [6.07, 6.45) is 2.39. The third kappa shape index (κ3) is 6.98. The highest BCUT2D eigenvalue weighted by molar-refractivity contribution is 5.57. The second kappa shape index (κ2) is 14.1. The molecule has 0 amide bonds. The van der Waals surface area contributed by atoms with Gasteiger partial charge in [0.1, 0.15) is 23.1 Å². The molecule has 4 heterocycles. The van der Waals surface area contributed by atoms with Gasteiger partial charge in [-0.15, -0.1) is 0 Å². The van der Waals surface area contributed by atoms with Crippen LogP contribution in [0.5, 0.6) is 34.5 Å². The minimum absolute atomic E-state index is 0.153. The lowest BCUT2D eigenvalue weighted by molar-refractivity contribution is 0.173.